The van der Waals surface area contributed by atoms with E-state index in [9.17, 15) is 0 Å². The summed E-state index contributed by atoms with van der Waals surface area (Å²) in [6.07, 6.45) is 2.40. The van der Waals surface area contributed by atoms with Crippen LogP contribution in [-0.4, -0.2) is 47.5 Å². The Bertz CT molecular complexity index is 624. The summed E-state index contributed by atoms with van der Waals surface area (Å²) in [6, 6.07) is 6.36. The molecule has 0 aliphatic heterocycles. The second-order valence-corrected chi connectivity index (χ2v) is 5.13. The molecular weight excluding hydrogens is 270 g/mol. The van der Waals surface area contributed by atoms with Gasteiger partial charge in [0.1, 0.15) is 0 Å². The van der Waals surface area contributed by atoms with Crippen LogP contribution in [0, 0.1) is 0 Å². The van der Waals surface area contributed by atoms with Crippen LogP contribution in [0.25, 0.3) is 0 Å². The minimum absolute atomic E-state index is 0.541. The summed E-state index contributed by atoms with van der Waals surface area (Å²) >= 11 is 0. The van der Waals surface area contributed by atoms with Gasteiger partial charge in [-0.3, -0.25) is 0 Å². The summed E-state index contributed by atoms with van der Waals surface area (Å²) < 4.78 is 12.6. The van der Waals surface area contributed by atoms with E-state index in [-0.39, 0.29) is 0 Å². The lowest BCUT2D eigenvalue weighted by molar-refractivity contribution is 0.350. The minimum Gasteiger partial charge on any atom is -0.493 e. The zero-order valence-corrected chi connectivity index (χ0v) is 12.5. The van der Waals surface area contributed by atoms with Gasteiger partial charge in [0.2, 0.25) is 5.95 Å². The molecule has 0 bridgehead atoms. The molecule has 1 aliphatic carbocycles. The van der Waals surface area contributed by atoms with Gasteiger partial charge < -0.3 is 14.4 Å². The average molecular weight is 289 g/mol. The van der Waals surface area contributed by atoms with Gasteiger partial charge in [0.05, 0.1) is 20.8 Å². The topological polar surface area (TPSA) is 65.3 Å². The molecule has 1 fully saturated rings. The smallest absolute Gasteiger partial charge is 0.245 e. The first-order valence-electron chi connectivity index (χ1n) is 6.93. The van der Waals surface area contributed by atoms with Crippen molar-refractivity contribution in [2.24, 2.45) is 0 Å². The minimum atomic E-state index is 0.541. The standard InChI is InChI=1S/C14H19N5O2/c1-18(11-7-8-11)14-15-16-17-19(14)9-10-5-4-6-12(20-2)13(10)21-3/h4-6,11H,7-9H2,1-3H3. The molecule has 1 aromatic heterocycles. The molecule has 0 saturated heterocycles. The van der Waals surface area contributed by atoms with Crippen molar-refractivity contribution in [1.29, 1.82) is 0 Å². The molecule has 0 spiro atoms. The number of anilines is 1. The summed E-state index contributed by atoms with van der Waals surface area (Å²) in [5.41, 5.74) is 0.981. The Kier molecular flexibility index (Phi) is 3.64. The molecule has 0 radical (unpaired) electrons. The molecule has 1 heterocycles. The first kappa shape index (κ1) is 13.7. The zero-order chi connectivity index (χ0) is 14.8. The summed E-state index contributed by atoms with van der Waals surface area (Å²) in [7, 11) is 5.30. The highest BCUT2D eigenvalue weighted by atomic mass is 16.5. The van der Waals surface area contributed by atoms with Gasteiger partial charge >= 0.3 is 0 Å². The van der Waals surface area contributed by atoms with Gasteiger partial charge in [0, 0.05) is 18.7 Å². The number of hydrogen-bond acceptors (Lipinski definition) is 6. The maximum Gasteiger partial charge on any atom is 0.245 e. The van der Waals surface area contributed by atoms with Crippen molar-refractivity contribution in [1.82, 2.24) is 20.2 Å². The predicted octanol–water partition coefficient (Wildman–Crippen LogP) is 1.34. The van der Waals surface area contributed by atoms with Crippen LogP contribution >= 0.6 is 0 Å². The van der Waals surface area contributed by atoms with E-state index < -0.39 is 0 Å². The van der Waals surface area contributed by atoms with Crippen molar-refractivity contribution in [3.8, 4) is 11.5 Å². The summed E-state index contributed by atoms with van der Waals surface area (Å²) in [6.45, 7) is 0.541. The van der Waals surface area contributed by atoms with Gasteiger partial charge in [-0.1, -0.05) is 17.2 Å². The van der Waals surface area contributed by atoms with Crippen LogP contribution in [0.15, 0.2) is 18.2 Å². The van der Waals surface area contributed by atoms with Gasteiger partial charge in [-0.25, -0.2) is 4.68 Å². The Balaban J connectivity index is 1.89. The molecule has 0 N–H and O–H groups in total. The van der Waals surface area contributed by atoms with Gasteiger partial charge in [-0.15, -0.1) is 0 Å². The lowest BCUT2D eigenvalue weighted by Crippen LogP contribution is -2.24. The Morgan fingerprint density at radius 3 is 2.76 bits per heavy atom. The number of hydrogen-bond donors (Lipinski definition) is 0. The number of para-hydroxylation sites is 1. The van der Waals surface area contributed by atoms with Gasteiger partial charge in [-0.05, 0) is 29.3 Å². The van der Waals surface area contributed by atoms with Crippen LogP contribution in [0.5, 0.6) is 11.5 Å². The third kappa shape index (κ3) is 2.63. The lowest BCUT2D eigenvalue weighted by Gasteiger charge is -2.18. The van der Waals surface area contributed by atoms with E-state index in [0.29, 0.717) is 18.3 Å². The molecule has 0 unspecified atom stereocenters. The molecule has 7 heteroatoms. The molecule has 1 saturated carbocycles. The highest BCUT2D eigenvalue weighted by molar-refractivity contribution is 5.47. The van der Waals surface area contributed by atoms with Crippen molar-refractivity contribution < 1.29 is 9.47 Å². The van der Waals surface area contributed by atoms with E-state index >= 15 is 0 Å². The molecule has 0 amide bonds. The number of aromatic nitrogens is 4. The third-order valence-electron chi connectivity index (χ3n) is 3.73. The SMILES string of the molecule is COc1cccc(Cn2nnnc2N(C)C2CC2)c1OC. The van der Waals surface area contributed by atoms with Crippen molar-refractivity contribution in [3.63, 3.8) is 0 Å². The highest BCUT2D eigenvalue weighted by Crippen LogP contribution is 2.32. The van der Waals surface area contributed by atoms with E-state index in [1.807, 2.05) is 25.2 Å². The molecule has 0 atom stereocenters. The summed E-state index contributed by atoms with van der Waals surface area (Å²) in [5, 5.41) is 12.0. The van der Waals surface area contributed by atoms with Crippen molar-refractivity contribution in [3.05, 3.63) is 23.8 Å². The van der Waals surface area contributed by atoms with Gasteiger partial charge in [0.15, 0.2) is 11.5 Å². The maximum atomic E-state index is 5.46. The Morgan fingerprint density at radius 2 is 2.10 bits per heavy atom. The van der Waals surface area contributed by atoms with Crippen LogP contribution in [0.1, 0.15) is 18.4 Å². The second kappa shape index (κ2) is 5.59. The molecule has 3 rings (SSSR count). The lowest BCUT2D eigenvalue weighted by atomic mass is 10.2. The molecule has 1 aromatic carbocycles. The van der Waals surface area contributed by atoms with Crippen LogP contribution in [-0.2, 0) is 6.54 Å². The molecule has 2 aromatic rings. The first-order chi connectivity index (χ1) is 10.2. The number of nitrogens with zero attached hydrogens (tertiary/aromatic N) is 5. The van der Waals surface area contributed by atoms with Crippen LogP contribution in [0.2, 0.25) is 0 Å². The number of rotatable bonds is 6. The fourth-order valence-corrected chi connectivity index (χ4v) is 2.42. The van der Waals surface area contributed by atoms with Crippen molar-refractivity contribution in [2.75, 3.05) is 26.2 Å². The zero-order valence-electron chi connectivity index (χ0n) is 12.5. The van der Waals surface area contributed by atoms with Crippen LogP contribution in [0.4, 0.5) is 5.95 Å². The molecular formula is C14H19N5O2. The Labute approximate surface area is 123 Å². The number of tetrazole rings is 1. The molecule has 112 valence electrons. The summed E-state index contributed by atoms with van der Waals surface area (Å²) in [4.78, 5) is 2.13. The largest absolute Gasteiger partial charge is 0.493 e. The van der Waals surface area contributed by atoms with Gasteiger partial charge in [0.25, 0.3) is 0 Å². The Hall–Kier alpha value is -2.31. The number of methoxy groups -OCH3 is 2. The number of benzene rings is 1. The molecule has 1 aliphatic rings. The predicted molar refractivity (Wildman–Crippen MR) is 77.9 cm³/mol. The average Bonchev–Trinajstić information content (AvgIpc) is 3.26. The molecule has 7 nitrogen and oxygen atoms in total. The van der Waals surface area contributed by atoms with E-state index in [1.54, 1.807) is 18.9 Å². The van der Waals surface area contributed by atoms with Crippen molar-refractivity contribution in [2.45, 2.75) is 25.4 Å². The van der Waals surface area contributed by atoms with Crippen molar-refractivity contribution >= 4 is 5.95 Å². The highest BCUT2D eigenvalue weighted by Gasteiger charge is 2.29. The quantitative estimate of drug-likeness (QED) is 0.799. The number of ether oxygens (including phenoxy) is 2. The molecule has 21 heavy (non-hydrogen) atoms. The fraction of sp³-hybridized carbons (Fsp3) is 0.500. The fourth-order valence-electron chi connectivity index (χ4n) is 2.42. The normalized spacial score (nSPS) is 14.0. The Morgan fingerprint density at radius 1 is 1.29 bits per heavy atom. The van der Waals surface area contributed by atoms with Gasteiger partial charge in [-0.2, -0.15) is 0 Å². The van der Waals surface area contributed by atoms with E-state index in [1.165, 1.54) is 12.8 Å². The third-order valence-corrected chi connectivity index (χ3v) is 3.73. The monoisotopic (exact) mass is 289 g/mol. The van der Waals surface area contributed by atoms with E-state index in [0.717, 1.165) is 17.3 Å². The van der Waals surface area contributed by atoms with Crippen LogP contribution < -0.4 is 14.4 Å². The summed E-state index contributed by atoms with van der Waals surface area (Å²) in [5.74, 6) is 2.21. The first-order valence-corrected chi connectivity index (χ1v) is 6.93. The van der Waals surface area contributed by atoms with E-state index in [4.69, 9.17) is 9.47 Å². The second-order valence-electron chi connectivity index (χ2n) is 5.13. The van der Waals surface area contributed by atoms with Crippen LogP contribution in [0.3, 0.4) is 0 Å². The maximum absolute atomic E-state index is 5.46. The van der Waals surface area contributed by atoms with E-state index in [2.05, 4.69) is 20.4 Å².